The van der Waals surface area contributed by atoms with E-state index in [1.165, 1.54) is 25.0 Å². The van der Waals surface area contributed by atoms with Crippen molar-refractivity contribution >= 4 is 5.91 Å². The lowest BCUT2D eigenvalue weighted by atomic mass is 10.0. The molecule has 1 amide bonds. The standard InChI is InChI=1S/C15H21FN2O/c16-13-5-3-4-12(10-13)7-8-15(19)18-11-14-6-1-2-9-17-14/h3-5,10,14,17H,1-2,6-9,11H2,(H,18,19)/t14-/m1/s1. The lowest BCUT2D eigenvalue weighted by Crippen LogP contribution is -2.43. The summed E-state index contributed by atoms with van der Waals surface area (Å²) in [4.78, 5) is 11.7. The fourth-order valence-electron chi connectivity index (χ4n) is 2.37. The van der Waals surface area contributed by atoms with E-state index in [2.05, 4.69) is 10.6 Å². The van der Waals surface area contributed by atoms with Crippen LogP contribution in [0, 0.1) is 5.82 Å². The molecule has 1 aliphatic heterocycles. The van der Waals surface area contributed by atoms with E-state index in [-0.39, 0.29) is 11.7 Å². The number of carbonyl (C=O) groups is 1. The van der Waals surface area contributed by atoms with Gasteiger partial charge in [0.25, 0.3) is 0 Å². The summed E-state index contributed by atoms with van der Waals surface area (Å²) in [5, 5.41) is 6.33. The molecule has 2 rings (SSSR count). The van der Waals surface area contributed by atoms with Gasteiger partial charge < -0.3 is 10.6 Å². The van der Waals surface area contributed by atoms with E-state index in [4.69, 9.17) is 0 Å². The maximum atomic E-state index is 13.0. The van der Waals surface area contributed by atoms with Crippen LogP contribution in [-0.4, -0.2) is 25.0 Å². The molecule has 0 aliphatic carbocycles. The number of amides is 1. The molecule has 0 saturated carbocycles. The molecule has 2 N–H and O–H groups in total. The van der Waals surface area contributed by atoms with Crippen molar-refractivity contribution in [2.75, 3.05) is 13.1 Å². The molecule has 0 aromatic heterocycles. The predicted molar refractivity (Wildman–Crippen MR) is 73.4 cm³/mol. The minimum Gasteiger partial charge on any atom is -0.355 e. The molecule has 1 heterocycles. The Morgan fingerprint density at radius 1 is 1.42 bits per heavy atom. The molecular formula is C15H21FN2O. The molecule has 1 aromatic carbocycles. The molecule has 0 radical (unpaired) electrons. The molecular weight excluding hydrogens is 243 g/mol. The fourth-order valence-corrected chi connectivity index (χ4v) is 2.37. The van der Waals surface area contributed by atoms with Crippen LogP contribution in [0.5, 0.6) is 0 Å². The van der Waals surface area contributed by atoms with Gasteiger partial charge in [0.15, 0.2) is 0 Å². The molecule has 1 fully saturated rings. The summed E-state index contributed by atoms with van der Waals surface area (Å²) in [5.41, 5.74) is 0.867. The number of rotatable bonds is 5. The van der Waals surface area contributed by atoms with Gasteiger partial charge in [-0.1, -0.05) is 18.6 Å². The monoisotopic (exact) mass is 264 g/mol. The zero-order valence-electron chi connectivity index (χ0n) is 11.1. The topological polar surface area (TPSA) is 41.1 Å². The first-order valence-corrected chi connectivity index (χ1v) is 6.98. The van der Waals surface area contributed by atoms with Crippen molar-refractivity contribution in [1.29, 1.82) is 0 Å². The third-order valence-electron chi connectivity index (χ3n) is 3.49. The summed E-state index contributed by atoms with van der Waals surface area (Å²) in [5.74, 6) is -0.207. The highest BCUT2D eigenvalue weighted by Crippen LogP contribution is 2.07. The van der Waals surface area contributed by atoms with Crippen LogP contribution >= 0.6 is 0 Å². The minimum absolute atomic E-state index is 0.0386. The second-order valence-electron chi connectivity index (χ2n) is 5.08. The molecule has 0 bridgehead atoms. The van der Waals surface area contributed by atoms with E-state index in [0.29, 0.717) is 25.4 Å². The lowest BCUT2D eigenvalue weighted by Gasteiger charge is -2.23. The van der Waals surface area contributed by atoms with E-state index in [9.17, 15) is 9.18 Å². The molecule has 1 saturated heterocycles. The third kappa shape index (κ3) is 4.99. The smallest absolute Gasteiger partial charge is 0.220 e. The molecule has 104 valence electrons. The molecule has 1 atom stereocenters. The Bertz CT molecular complexity index is 416. The van der Waals surface area contributed by atoms with Crippen molar-refractivity contribution in [3.05, 3.63) is 35.6 Å². The van der Waals surface area contributed by atoms with Gasteiger partial charge >= 0.3 is 0 Å². The summed E-state index contributed by atoms with van der Waals surface area (Å²) in [6.45, 7) is 1.74. The van der Waals surface area contributed by atoms with Gasteiger partial charge in [-0.15, -0.1) is 0 Å². The highest BCUT2D eigenvalue weighted by Gasteiger charge is 2.13. The van der Waals surface area contributed by atoms with E-state index in [1.54, 1.807) is 6.07 Å². The Morgan fingerprint density at radius 2 is 2.32 bits per heavy atom. The zero-order valence-corrected chi connectivity index (χ0v) is 11.1. The Labute approximate surface area is 113 Å². The van der Waals surface area contributed by atoms with E-state index in [0.717, 1.165) is 18.5 Å². The van der Waals surface area contributed by atoms with Crippen molar-refractivity contribution in [3.63, 3.8) is 0 Å². The lowest BCUT2D eigenvalue weighted by molar-refractivity contribution is -0.121. The SMILES string of the molecule is O=C(CCc1cccc(F)c1)NC[C@H]1CCCCN1. The summed E-state index contributed by atoms with van der Waals surface area (Å²) < 4.78 is 13.0. The van der Waals surface area contributed by atoms with Gasteiger partial charge in [0, 0.05) is 19.0 Å². The van der Waals surface area contributed by atoms with Crippen molar-refractivity contribution in [2.24, 2.45) is 0 Å². The van der Waals surface area contributed by atoms with Crippen molar-refractivity contribution < 1.29 is 9.18 Å². The van der Waals surface area contributed by atoms with Gasteiger partial charge in [-0.2, -0.15) is 0 Å². The molecule has 3 nitrogen and oxygen atoms in total. The summed E-state index contributed by atoms with van der Waals surface area (Å²) in [6.07, 6.45) is 4.59. The Balaban J connectivity index is 1.66. The normalized spacial score (nSPS) is 19.1. The molecule has 4 heteroatoms. The number of hydrogen-bond donors (Lipinski definition) is 2. The van der Waals surface area contributed by atoms with Crippen molar-refractivity contribution in [2.45, 2.75) is 38.1 Å². The maximum Gasteiger partial charge on any atom is 0.220 e. The zero-order chi connectivity index (χ0) is 13.5. The van der Waals surface area contributed by atoms with Crippen LogP contribution in [-0.2, 0) is 11.2 Å². The number of hydrogen-bond acceptors (Lipinski definition) is 2. The first-order chi connectivity index (χ1) is 9.24. The number of benzene rings is 1. The first kappa shape index (κ1) is 14.0. The van der Waals surface area contributed by atoms with E-state index >= 15 is 0 Å². The van der Waals surface area contributed by atoms with Crippen molar-refractivity contribution in [1.82, 2.24) is 10.6 Å². The average Bonchev–Trinajstić information content (AvgIpc) is 2.44. The Morgan fingerprint density at radius 3 is 3.05 bits per heavy atom. The van der Waals surface area contributed by atoms with Gasteiger partial charge in [0.2, 0.25) is 5.91 Å². The van der Waals surface area contributed by atoms with Crippen LogP contribution in [0.25, 0.3) is 0 Å². The summed E-state index contributed by atoms with van der Waals surface area (Å²) in [6, 6.07) is 6.83. The highest BCUT2D eigenvalue weighted by molar-refractivity contribution is 5.76. The van der Waals surface area contributed by atoms with Crippen LogP contribution in [0.2, 0.25) is 0 Å². The van der Waals surface area contributed by atoms with E-state index in [1.807, 2.05) is 6.07 Å². The van der Waals surface area contributed by atoms with Crippen LogP contribution in [0.4, 0.5) is 4.39 Å². The Hall–Kier alpha value is -1.42. The fraction of sp³-hybridized carbons (Fsp3) is 0.533. The summed E-state index contributed by atoms with van der Waals surface area (Å²) in [7, 11) is 0. The van der Waals surface area contributed by atoms with Gasteiger partial charge in [-0.25, -0.2) is 4.39 Å². The number of nitrogens with one attached hydrogen (secondary N) is 2. The van der Waals surface area contributed by atoms with E-state index < -0.39 is 0 Å². The van der Waals surface area contributed by atoms with Crippen LogP contribution in [0.1, 0.15) is 31.2 Å². The number of piperidine rings is 1. The number of halogens is 1. The quantitative estimate of drug-likeness (QED) is 0.854. The molecule has 19 heavy (non-hydrogen) atoms. The second kappa shape index (κ2) is 7.24. The third-order valence-corrected chi connectivity index (χ3v) is 3.49. The number of carbonyl (C=O) groups excluding carboxylic acids is 1. The van der Waals surface area contributed by atoms with Gasteiger partial charge in [0.1, 0.15) is 5.82 Å². The second-order valence-corrected chi connectivity index (χ2v) is 5.08. The van der Waals surface area contributed by atoms with Crippen LogP contribution in [0.15, 0.2) is 24.3 Å². The van der Waals surface area contributed by atoms with Crippen molar-refractivity contribution in [3.8, 4) is 0 Å². The van der Waals surface area contributed by atoms with Crippen LogP contribution < -0.4 is 10.6 Å². The predicted octanol–water partition coefficient (Wildman–Crippen LogP) is 2.02. The molecule has 0 spiro atoms. The highest BCUT2D eigenvalue weighted by atomic mass is 19.1. The van der Waals surface area contributed by atoms with Crippen LogP contribution in [0.3, 0.4) is 0 Å². The molecule has 0 unspecified atom stereocenters. The Kier molecular flexibility index (Phi) is 5.33. The average molecular weight is 264 g/mol. The number of aryl methyl sites for hydroxylation is 1. The van der Waals surface area contributed by atoms with Gasteiger partial charge in [-0.3, -0.25) is 4.79 Å². The molecule has 1 aliphatic rings. The first-order valence-electron chi connectivity index (χ1n) is 6.98. The maximum absolute atomic E-state index is 13.0. The molecule has 1 aromatic rings. The minimum atomic E-state index is -0.246. The largest absolute Gasteiger partial charge is 0.355 e. The van der Waals surface area contributed by atoms with Gasteiger partial charge in [0.05, 0.1) is 0 Å². The van der Waals surface area contributed by atoms with Gasteiger partial charge in [-0.05, 0) is 43.5 Å². The summed E-state index contributed by atoms with van der Waals surface area (Å²) >= 11 is 0.